The molecule has 0 radical (unpaired) electrons. The first-order valence-electron chi connectivity index (χ1n) is 5.60. The van der Waals surface area contributed by atoms with Gasteiger partial charge in [0.1, 0.15) is 0 Å². The molecule has 1 fully saturated rings. The van der Waals surface area contributed by atoms with Gasteiger partial charge in [-0.15, -0.1) is 0 Å². The van der Waals surface area contributed by atoms with E-state index in [1.54, 1.807) is 6.20 Å². The Kier molecular flexibility index (Phi) is 5.18. The first-order chi connectivity index (χ1) is 7.22. The van der Waals surface area contributed by atoms with Crippen molar-refractivity contribution in [2.24, 2.45) is 0 Å². The van der Waals surface area contributed by atoms with Crippen molar-refractivity contribution in [2.45, 2.75) is 32.2 Å². The van der Waals surface area contributed by atoms with Crippen molar-refractivity contribution in [1.29, 1.82) is 0 Å². The molecule has 0 saturated carbocycles. The number of nitrogens with one attached hydrogen (secondary N) is 1. The van der Waals surface area contributed by atoms with Crippen LogP contribution in [0.15, 0.2) is 12.3 Å². The number of nitrogens with zero attached hydrogens (tertiary/aromatic N) is 1. The van der Waals surface area contributed by atoms with Gasteiger partial charge in [0.05, 0.1) is 0 Å². The normalized spacial score (nSPS) is 19.5. The fourth-order valence-electron chi connectivity index (χ4n) is 1.89. The van der Waals surface area contributed by atoms with Crippen LogP contribution >= 0.6 is 0 Å². The molecule has 0 spiro atoms. The summed E-state index contributed by atoms with van der Waals surface area (Å²) in [7, 11) is 0. The second kappa shape index (κ2) is 6.45. The number of hydrogen-bond donors (Lipinski definition) is 2. The van der Waals surface area contributed by atoms with Crippen LogP contribution in [0.25, 0.3) is 0 Å². The van der Waals surface area contributed by atoms with E-state index in [4.69, 9.17) is 5.11 Å². The number of carboxylic acids is 1. The van der Waals surface area contributed by atoms with Crippen LogP contribution in [-0.2, 0) is 4.79 Å². The second-order valence-electron chi connectivity index (χ2n) is 3.95. The fourth-order valence-corrected chi connectivity index (χ4v) is 1.89. The zero-order chi connectivity index (χ0) is 11.1. The number of rotatable bonds is 5. The average Bonchev–Trinajstić information content (AvgIpc) is 2.20. The van der Waals surface area contributed by atoms with Crippen LogP contribution in [0, 0.1) is 0 Å². The molecule has 0 bridgehead atoms. The van der Waals surface area contributed by atoms with Gasteiger partial charge in [-0.1, -0.05) is 6.92 Å². The van der Waals surface area contributed by atoms with Crippen molar-refractivity contribution in [3.8, 4) is 0 Å². The van der Waals surface area contributed by atoms with Gasteiger partial charge in [-0.05, 0) is 25.8 Å². The van der Waals surface area contributed by atoms with E-state index in [-0.39, 0.29) is 0 Å². The smallest absolute Gasteiger partial charge is 0.329 e. The highest BCUT2D eigenvalue weighted by molar-refractivity contribution is 5.79. The Morgan fingerprint density at radius 1 is 1.53 bits per heavy atom. The standard InChI is InChI=1S/C11H20N2O2/c1-2-7-13-8-4-10(5-9-13)12-6-3-11(14)15/h3,6,10,12H,2,4-5,7-9H2,1H3,(H,14,15)/b6-3+. The molecule has 86 valence electrons. The lowest BCUT2D eigenvalue weighted by molar-refractivity contribution is -0.131. The van der Waals surface area contributed by atoms with Crippen LogP contribution < -0.4 is 5.32 Å². The van der Waals surface area contributed by atoms with E-state index in [2.05, 4.69) is 17.1 Å². The first-order valence-corrected chi connectivity index (χ1v) is 5.60. The summed E-state index contributed by atoms with van der Waals surface area (Å²) in [6.45, 7) is 5.61. The molecule has 1 saturated heterocycles. The Hall–Kier alpha value is -1.03. The molecule has 2 N–H and O–H groups in total. The van der Waals surface area contributed by atoms with Crippen LogP contribution in [-0.4, -0.2) is 41.7 Å². The lowest BCUT2D eigenvalue weighted by atomic mass is 10.1. The van der Waals surface area contributed by atoms with Gasteiger partial charge >= 0.3 is 5.97 Å². The maximum Gasteiger partial charge on any atom is 0.329 e. The van der Waals surface area contributed by atoms with Crippen LogP contribution in [0.3, 0.4) is 0 Å². The predicted octanol–water partition coefficient (Wildman–Crippen LogP) is 1.05. The minimum Gasteiger partial charge on any atom is -0.478 e. The Morgan fingerprint density at radius 2 is 2.20 bits per heavy atom. The topological polar surface area (TPSA) is 52.6 Å². The summed E-state index contributed by atoms with van der Waals surface area (Å²) in [5.41, 5.74) is 0. The summed E-state index contributed by atoms with van der Waals surface area (Å²) in [4.78, 5) is 12.7. The van der Waals surface area contributed by atoms with Gasteiger partial charge in [0, 0.05) is 31.4 Å². The number of carboxylic acid groups (broad SMARTS) is 1. The lowest BCUT2D eigenvalue weighted by Gasteiger charge is -2.31. The molecule has 0 aromatic carbocycles. The molecule has 0 unspecified atom stereocenters. The quantitative estimate of drug-likeness (QED) is 0.669. The van der Waals surface area contributed by atoms with Gasteiger partial charge in [0.25, 0.3) is 0 Å². The van der Waals surface area contributed by atoms with E-state index in [1.165, 1.54) is 13.0 Å². The molecule has 0 atom stereocenters. The Bertz CT molecular complexity index is 221. The van der Waals surface area contributed by atoms with Gasteiger partial charge in [-0.25, -0.2) is 4.79 Å². The van der Waals surface area contributed by atoms with Gasteiger partial charge < -0.3 is 15.3 Å². The van der Waals surface area contributed by atoms with Crippen molar-refractivity contribution >= 4 is 5.97 Å². The predicted molar refractivity (Wildman–Crippen MR) is 59.7 cm³/mol. The second-order valence-corrected chi connectivity index (χ2v) is 3.95. The molecular formula is C11H20N2O2. The van der Waals surface area contributed by atoms with Crippen molar-refractivity contribution in [3.63, 3.8) is 0 Å². The van der Waals surface area contributed by atoms with Crippen molar-refractivity contribution in [2.75, 3.05) is 19.6 Å². The van der Waals surface area contributed by atoms with Crippen LogP contribution in [0.1, 0.15) is 26.2 Å². The molecule has 0 aromatic rings. The highest BCUT2D eigenvalue weighted by Gasteiger charge is 2.16. The minimum absolute atomic E-state index is 0.439. The summed E-state index contributed by atoms with van der Waals surface area (Å²) in [5.74, 6) is -0.897. The zero-order valence-corrected chi connectivity index (χ0v) is 9.28. The van der Waals surface area contributed by atoms with Crippen molar-refractivity contribution < 1.29 is 9.90 Å². The van der Waals surface area contributed by atoms with E-state index < -0.39 is 5.97 Å². The average molecular weight is 212 g/mol. The third-order valence-corrected chi connectivity index (χ3v) is 2.69. The highest BCUT2D eigenvalue weighted by atomic mass is 16.4. The third kappa shape index (κ3) is 4.83. The summed E-state index contributed by atoms with van der Waals surface area (Å²) < 4.78 is 0. The first kappa shape index (κ1) is 12.0. The molecule has 1 rings (SSSR count). The van der Waals surface area contributed by atoms with E-state index >= 15 is 0 Å². The van der Waals surface area contributed by atoms with Gasteiger partial charge in [0.15, 0.2) is 0 Å². The molecule has 0 aromatic heterocycles. The highest BCUT2D eigenvalue weighted by Crippen LogP contribution is 2.10. The van der Waals surface area contributed by atoms with Gasteiger partial charge in [-0.2, -0.15) is 0 Å². The number of carbonyl (C=O) groups is 1. The van der Waals surface area contributed by atoms with Crippen LogP contribution in [0.5, 0.6) is 0 Å². The molecule has 0 amide bonds. The van der Waals surface area contributed by atoms with E-state index in [0.29, 0.717) is 6.04 Å². The summed E-state index contributed by atoms with van der Waals surface area (Å²) in [6.07, 6.45) is 6.10. The number of likely N-dealkylation sites (tertiary alicyclic amines) is 1. The van der Waals surface area contributed by atoms with Crippen LogP contribution in [0.4, 0.5) is 0 Å². The SMILES string of the molecule is CCCN1CCC(N/C=C/C(=O)O)CC1. The molecule has 1 heterocycles. The van der Waals surface area contributed by atoms with Crippen molar-refractivity contribution in [3.05, 3.63) is 12.3 Å². The fraction of sp³-hybridized carbons (Fsp3) is 0.727. The van der Waals surface area contributed by atoms with Crippen LogP contribution in [0.2, 0.25) is 0 Å². The molecule has 4 heteroatoms. The Labute approximate surface area is 91.0 Å². The molecule has 1 aliphatic rings. The largest absolute Gasteiger partial charge is 0.478 e. The molecule has 15 heavy (non-hydrogen) atoms. The van der Waals surface area contributed by atoms with E-state index in [9.17, 15) is 4.79 Å². The lowest BCUT2D eigenvalue weighted by Crippen LogP contribution is -2.41. The van der Waals surface area contributed by atoms with Gasteiger partial charge in [0.2, 0.25) is 0 Å². The third-order valence-electron chi connectivity index (χ3n) is 2.69. The maximum absolute atomic E-state index is 10.2. The molecule has 1 aliphatic heterocycles. The van der Waals surface area contributed by atoms with Gasteiger partial charge in [-0.3, -0.25) is 0 Å². The summed E-state index contributed by atoms with van der Waals surface area (Å²) in [5, 5.41) is 11.5. The molecule has 0 aliphatic carbocycles. The number of hydrogen-bond acceptors (Lipinski definition) is 3. The Balaban J connectivity index is 2.17. The van der Waals surface area contributed by atoms with E-state index in [0.717, 1.165) is 32.0 Å². The zero-order valence-electron chi connectivity index (χ0n) is 9.28. The summed E-state index contributed by atoms with van der Waals surface area (Å²) in [6, 6.07) is 0.439. The monoisotopic (exact) mass is 212 g/mol. The molecule has 4 nitrogen and oxygen atoms in total. The molecular weight excluding hydrogens is 192 g/mol. The number of aliphatic carboxylic acids is 1. The van der Waals surface area contributed by atoms with Crippen molar-refractivity contribution in [1.82, 2.24) is 10.2 Å². The maximum atomic E-state index is 10.2. The van der Waals surface area contributed by atoms with E-state index in [1.807, 2.05) is 0 Å². The Morgan fingerprint density at radius 3 is 2.73 bits per heavy atom. The summed E-state index contributed by atoms with van der Waals surface area (Å²) >= 11 is 0. The number of piperidine rings is 1. The minimum atomic E-state index is -0.897.